The van der Waals surface area contributed by atoms with E-state index in [-0.39, 0.29) is 11.3 Å². The molecule has 0 spiro atoms. The summed E-state index contributed by atoms with van der Waals surface area (Å²) in [5.41, 5.74) is 9.22. The highest BCUT2D eigenvalue weighted by Crippen LogP contribution is 2.27. The topological polar surface area (TPSA) is 131 Å². The van der Waals surface area contributed by atoms with Crippen LogP contribution >= 0.6 is 0 Å². The van der Waals surface area contributed by atoms with Gasteiger partial charge in [0.25, 0.3) is 15.6 Å². The first-order chi connectivity index (χ1) is 13.2. The molecule has 0 radical (unpaired) electrons. The minimum Gasteiger partial charge on any atom is -0.381 e. The SMILES string of the molecule is CCCCS(=O)(=O)Oc1ccccc1S(=O)(=O)C(=[N+]=[N-])C(=O)c1ccccc1. The van der Waals surface area contributed by atoms with Gasteiger partial charge >= 0.3 is 15.2 Å². The molecule has 0 saturated heterocycles. The zero-order chi connectivity index (χ0) is 20.8. The van der Waals surface area contributed by atoms with E-state index in [4.69, 9.17) is 4.18 Å². The number of unbranched alkanes of at least 4 members (excludes halogenated alkanes) is 1. The summed E-state index contributed by atoms with van der Waals surface area (Å²) in [4.78, 5) is 14.6. The third kappa shape index (κ3) is 4.92. The van der Waals surface area contributed by atoms with Gasteiger partial charge in [0.15, 0.2) is 5.75 Å². The molecule has 28 heavy (non-hydrogen) atoms. The van der Waals surface area contributed by atoms with Crippen LogP contribution in [0.15, 0.2) is 59.5 Å². The molecule has 0 N–H and O–H groups in total. The second-order valence-corrected chi connectivity index (χ2v) is 9.27. The summed E-state index contributed by atoms with van der Waals surface area (Å²) < 4.78 is 54.9. The van der Waals surface area contributed by atoms with Crippen LogP contribution in [0.3, 0.4) is 0 Å². The van der Waals surface area contributed by atoms with E-state index in [1.165, 1.54) is 36.4 Å². The lowest BCUT2D eigenvalue weighted by Crippen LogP contribution is -2.27. The van der Waals surface area contributed by atoms with Crippen LogP contribution in [0.5, 0.6) is 5.75 Å². The zero-order valence-electron chi connectivity index (χ0n) is 15.0. The average Bonchev–Trinajstić information content (AvgIpc) is 2.67. The number of carbonyl (C=O) groups excluding carboxylic acids is 1. The molecule has 0 unspecified atom stereocenters. The second kappa shape index (κ2) is 8.92. The Bertz CT molecular complexity index is 1120. The molecule has 2 aromatic rings. The summed E-state index contributed by atoms with van der Waals surface area (Å²) in [6, 6.07) is 12.3. The number of Topliss-reactive ketones (excluding diaryl/α,β-unsaturated/α-hetero) is 1. The highest BCUT2D eigenvalue weighted by molar-refractivity contribution is 8.08. The van der Waals surface area contributed by atoms with Crippen molar-refractivity contribution in [2.75, 3.05) is 5.75 Å². The van der Waals surface area contributed by atoms with Gasteiger partial charge in [-0.25, -0.2) is 8.42 Å². The second-order valence-electron chi connectivity index (χ2n) is 5.75. The lowest BCUT2D eigenvalue weighted by Gasteiger charge is -2.10. The van der Waals surface area contributed by atoms with Gasteiger partial charge in [-0.05, 0) is 18.6 Å². The van der Waals surface area contributed by atoms with Crippen LogP contribution in [0.4, 0.5) is 0 Å². The van der Waals surface area contributed by atoms with E-state index in [9.17, 15) is 27.2 Å². The molecule has 0 aliphatic carbocycles. The van der Waals surface area contributed by atoms with E-state index in [1.807, 2.05) is 0 Å². The molecule has 0 saturated carbocycles. The third-order valence-corrected chi connectivity index (χ3v) is 6.59. The predicted octanol–water partition coefficient (Wildman–Crippen LogP) is 2.48. The predicted molar refractivity (Wildman–Crippen MR) is 102 cm³/mol. The maximum Gasteiger partial charge on any atom is 0.457 e. The lowest BCUT2D eigenvalue weighted by atomic mass is 10.1. The van der Waals surface area contributed by atoms with Crippen LogP contribution in [0.25, 0.3) is 5.53 Å². The Balaban J connectivity index is 2.49. The fraction of sp³-hybridized carbons (Fsp3) is 0.222. The van der Waals surface area contributed by atoms with Crippen LogP contribution in [0.1, 0.15) is 30.1 Å². The van der Waals surface area contributed by atoms with Crippen molar-refractivity contribution in [1.29, 1.82) is 0 Å². The molecule has 8 nitrogen and oxygen atoms in total. The zero-order valence-corrected chi connectivity index (χ0v) is 16.6. The summed E-state index contributed by atoms with van der Waals surface area (Å²) in [5.74, 6) is -1.80. The van der Waals surface area contributed by atoms with Crippen LogP contribution in [0, 0.1) is 0 Å². The standard InChI is InChI=1S/C18H18N2O6S2/c1-2-3-13-27(22,23)26-15-11-7-8-12-16(15)28(24,25)18(20-19)17(21)14-9-5-4-6-10-14/h4-12H,2-3,13H2,1H3. The van der Waals surface area contributed by atoms with E-state index in [0.717, 1.165) is 12.1 Å². The van der Waals surface area contributed by atoms with Crippen molar-refractivity contribution in [2.24, 2.45) is 0 Å². The molecular weight excluding hydrogens is 404 g/mol. The monoisotopic (exact) mass is 422 g/mol. The van der Waals surface area contributed by atoms with Crippen molar-refractivity contribution < 1.29 is 30.6 Å². The van der Waals surface area contributed by atoms with Crippen molar-refractivity contribution >= 4 is 30.8 Å². The van der Waals surface area contributed by atoms with Gasteiger partial charge in [-0.15, -0.1) is 4.79 Å². The van der Waals surface area contributed by atoms with Gasteiger partial charge < -0.3 is 9.71 Å². The van der Waals surface area contributed by atoms with Crippen molar-refractivity contribution in [1.82, 2.24) is 0 Å². The maximum atomic E-state index is 12.9. The van der Waals surface area contributed by atoms with Gasteiger partial charge in [0.05, 0.1) is 5.75 Å². The Morgan fingerprint density at radius 1 is 1.00 bits per heavy atom. The lowest BCUT2D eigenvalue weighted by molar-refractivity contribution is -0.00159. The highest BCUT2D eigenvalue weighted by Gasteiger charge is 2.40. The van der Waals surface area contributed by atoms with E-state index < -0.39 is 41.4 Å². The molecule has 0 bridgehead atoms. The van der Waals surface area contributed by atoms with Gasteiger partial charge in [-0.3, -0.25) is 4.79 Å². The van der Waals surface area contributed by atoms with Gasteiger partial charge in [-0.2, -0.15) is 8.42 Å². The molecule has 0 aliphatic rings. The summed E-state index contributed by atoms with van der Waals surface area (Å²) in [7, 11) is -8.70. The van der Waals surface area contributed by atoms with Crippen molar-refractivity contribution in [3.8, 4) is 5.75 Å². The molecule has 0 fully saturated rings. The molecule has 0 aliphatic heterocycles. The summed E-state index contributed by atoms with van der Waals surface area (Å²) >= 11 is 0. The van der Waals surface area contributed by atoms with E-state index in [2.05, 4.69) is 4.79 Å². The summed E-state index contributed by atoms with van der Waals surface area (Å²) in [5, 5.41) is -1.14. The number of rotatable bonds is 8. The van der Waals surface area contributed by atoms with Crippen molar-refractivity contribution in [2.45, 2.75) is 24.7 Å². The Labute approximate surface area is 163 Å². The van der Waals surface area contributed by atoms with E-state index in [0.29, 0.717) is 12.8 Å². The number of carbonyl (C=O) groups is 1. The van der Waals surface area contributed by atoms with Gasteiger partial charge in [0.2, 0.25) is 0 Å². The maximum absolute atomic E-state index is 12.9. The van der Waals surface area contributed by atoms with Crippen LogP contribution < -0.4 is 4.18 Å². The Hall–Kier alpha value is -2.81. The Morgan fingerprint density at radius 3 is 2.21 bits per heavy atom. The fourth-order valence-electron chi connectivity index (χ4n) is 2.28. The molecule has 2 aromatic carbocycles. The molecule has 148 valence electrons. The Kier molecular flexibility index (Phi) is 6.85. The third-order valence-electron chi connectivity index (χ3n) is 3.68. The number of hydrogen-bond acceptors (Lipinski definition) is 6. The molecule has 0 amide bonds. The first-order valence-electron chi connectivity index (χ1n) is 8.31. The molecule has 0 aromatic heterocycles. The average molecular weight is 422 g/mol. The number of para-hydroxylation sites is 1. The van der Waals surface area contributed by atoms with Crippen LogP contribution in [-0.2, 0) is 20.0 Å². The fourth-order valence-corrected chi connectivity index (χ4v) is 4.79. The molecule has 0 atom stereocenters. The highest BCUT2D eigenvalue weighted by atomic mass is 32.2. The molecule has 0 heterocycles. The van der Waals surface area contributed by atoms with Crippen LogP contribution in [0.2, 0.25) is 0 Å². The Morgan fingerprint density at radius 2 is 1.61 bits per heavy atom. The van der Waals surface area contributed by atoms with Crippen LogP contribution in [-0.4, -0.2) is 38.2 Å². The number of nitrogens with zero attached hydrogens (tertiary/aromatic N) is 2. The molecular formula is C18H18N2O6S2. The summed E-state index contributed by atoms with van der Waals surface area (Å²) in [6.45, 7) is 1.80. The van der Waals surface area contributed by atoms with E-state index in [1.54, 1.807) is 13.0 Å². The van der Waals surface area contributed by atoms with Gasteiger partial charge in [-0.1, -0.05) is 55.8 Å². The first-order valence-corrected chi connectivity index (χ1v) is 11.4. The summed E-state index contributed by atoms with van der Waals surface area (Å²) in [6.07, 6.45) is 0.947. The largest absolute Gasteiger partial charge is 0.457 e. The normalized spacial score (nSPS) is 11.5. The number of benzene rings is 2. The van der Waals surface area contributed by atoms with Gasteiger partial charge in [0.1, 0.15) is 4.90 Å². The van der Waals surface area contributed by atoms with Crippen molar-refractivity contribution in [3.05, 3.63) is 65.7 Å². The molecule has 10 heteroatoms. The number of ketones is 1. The smallest absolute Gasteiger partial charge is 0.381 e. The quantitative estimate of drug-likeness (QED) is 0.160. The van der Waals surface area contributed by atoms with E-state index >= 15 is 0 Å². The first kappa shape index (κ1) is 21.5. The number of hydrogen-bond donors (Lipinski definition) is 0. The number of sulfone groups is 1. The van der Waals surface area contributed by atoms with Gasteiger partial charge in [0, 0.05) is 5.56 Å². The molecule has 2 rings (SSSR count). The minimum absolute atomic E-state index is 0.00663. The minimum atomic E-state index is -4.66. The van der Waals surface area contributed by atoms with Crippen molar-refractivity contribution in [3.63, 3.8) is 0 Å².